The second-order valence-corrected chi connectivity index (χ2v) is 7.57. The summed E-state index contributed by atoms with van der Waals surface area (Å²) in [7, 11) is -3.12. The van der Waals surface area contributed by atoms with Gasteiger partial charge in [0.2, 0.25) is 0 Å². The van der Waals surface area contributed by atoms with Crippen molar-refractivity contribution in [1.29, 1.82) is 5.26 Å². The zero-order valence-electron chi connectivity index (χ0n) is 12.9. The van der Waals surface area contributed by atoms with Gasteiger partial charge in [0, 0.05) is 24.1 Å². The highest BCUT2D eigenvalue weighted by Crippen LogP contribution is 2.22. The molecule has 0 aromatic heterocycles. The lowest BCUT2D eigenvalue weighted by Gasteiger charge is -2.13. The van der Waals surface area contributed by atoms with Crippen molar-refractivity contribution in [3.63, 3.8) is 0 Å². The molecule has 2 aromatic rings. The second-order valence-electron chi connectivity index (χ2n) is 5.43. The zero-order chi connectivity index (χ0) is 17.0. The quantitative estimate of drug-likeness (QED) is 0.913. The Hall–Kier alpha value is -2.39. The van der Waals surface area contributed by atoms with Crippen molar-refractivity contribution in [1.82, 2.24) is 0 Å². The number of sulfone groups is 1. The van der Waals surface area contributed by atoms with Gasteiger partial charge in [-0.1, -0.05) is 18.2 Å². The van der Waals surface area contributed by atoms with Gasteiger partial charge in [-0.15, -0.1) is 0 Å². The van der Waals surface area contributed by atoms with Crippen LogP contribution in [0.3, 0.4) is 0 Å². The van der Waals surface area contributed by atoms with Gasteiger partial charge in [-0.25, -0.2) is 12.8 Å². The van der Waals surface area contributed by atoms with Gasteiger partial charge in [-0.05, 0) is 36.2 Å². The topological polar surface area (TPSA) is 70.0 Å². The van der Waals surface area contributed by atoms with Gasteiger partial charge < -0.3 is 5.32 Å². The van der Waals surface area contributed by atoms with E-state index in [2.05, 4.69) is 5.32 Å². The van der Waals surface area contributed by atoms with Crippen LogP contribution < -0.4 is 5.32 Å². The van der Waals surface area contributed by atoms with E-state index in [4.69, 9.17) is 5.26 Å². The number of hydrogen-bond acceptors (Lipinski definition) is 4. The van der Waals surface area contributed by atoms with Crippen LogP contribution in [0.25, 0.3) is 0 Å². The summed E-state index contributed by atoms with van der Waals surface area (Å²) >= 11 is 0. The first-order valence-corrected chi connectivity index (χ1v) is 9.05. The molecule has 2 aromatic carbocycles. The Kier molecular flexibility index (Phi) is 5.02. The molecule has 0 aliphatic rings. The van der Waals surface area contributed by atoms with E-state index >= 15 is 0 Å². The summed E-state index contributed by atoms with van der Waals surface area (Å²) in [5.74, 6) is -0.471. The summed E-state index contributed by atoms with van der Waals surface area (Å²) in [5.41, 5.74) is 3.02. The molecular weight excluding hydrogens is 315 g/mol. The number of anilines is 1. The number of nitriles is 1. The molecule has 0 radical (unpaired) electrons. The molecule has 4 nitrogen and oxygen atoms in total. The average Bonchev–Trinajstić information content (AvgIpc) is 2.47. The summed E-state index contributed by atoms with van der Waals surface area (Å²) < 4.78 is 36.8. The number of nitrogens with zero attached hydrogens (tertiary/aromatic N) is 1. The van der Waals surface area contributed by atoms with Crippen molar-refractivity contribution in [2.45, 2.75) is 19.2 Å². The van der Waals surface area contributed by atoms with Gasteiger partial charge in [0.15, 0.2) is 9.84 Å². The van der Waals surface area contributed by atoms with Crippen molar-refractivity contribution in [2.75, 3.05) is 11.6 Å². The third-order valence-electron chi connectivity index (χ3n) is 3.52. The van der Waals surface area contributed by atoms with E-state index in [1.54, 1.807) is 24.3 Å². The highest BCUT2D eigenvalue weighted by Gasteiger charge is 2.10. The molecule has 0 aliphatic heterocycles. The predicted molar refractivity (Wildman–Crippen MR) is 88.2 cm³/mol. The molecule has 0 bridgehead atoms. The van der Waals surface area contributed by atoms with Crippen molar-refractivity contribution in [3.8, 4) is 6.07 Å². The largest absolute Gasteiger partial charge is 0.381 e. The Bertz CT molecular complexity index is 871. The number of halogens is 1. The standard InChI is InChI=1S/C17H17FN2O2S/c1-12-15(11-23(2,21)22)4-3-5-17(12)20-10-14-7-6-13(9-19)8-16(14)18/h3-8,20H,10-11H2,1-2H3. The van der Waals surface area contributed by atoms with Crippen LogP contribution in [-0.2, 0) is 22.1 Å². The highest BCUT2D eigenvalue weighted by atomic mass is 32.2. The third kappa shape index (κ3) is 4.54. The maximum Gasteiger partial charge on any atom is 0.151 e. The van der Waals surface area contributed by atoms with E-state index < -0.39 is 15.7 Å². The van der Waals surface area contributed by atoms with Gasteiger partial charge in [0.05, 0.1) is 17.4 Å². The molecule has 0 atom stereocenters. The number of rotatable bonds is 5. The smallest absolute Gasteiger partial charge is 0.151 e. The van der Waals surface area contributed by atoms with E-state index in [1.165, 1.54) is 12.3 Å². The lowest BCUT2D eigenvalue weighted by molar-refractivity contribution is 0.601. The Morgan fingerprint density at radius 3 is 2.57 bits per heavy atom. The Morgan fingerprint density at radius 2 is 1.96 bits per heavy atom. The lowest BCUT2D eigenvalue weighted by Crippen LogP contribution is -2.07. The van der Waals surface area contributed by atoms with Gasteiger partial charge >= 0.3 is 0 Å². The summed E-state index contributed by atoms with van der Waals surface area (Å²) in [6, 6.07) is 11.6. The molecule has 0 spiro atoms. The van der Waals surface area contributed by atoms with E-state index in [1.807, 2.05) is 19.1 Å². The first-order chi connectivity index (χ1) is 10.8. The third-order valence-corrected chi connectivity index (χ3v) is 4.35. The summed E-state index contributed by atoms with van der Waals surface area (Å²) in [6.07, 6.45) is 1.19. The first kappa shape index (κ1) is 17.0. The minimum Gasteiger partial charge on any atom is -0.381 e. The molecule has 0 amide bonds. The molecule has 1 N–H and O–H groups in total. The molecule has 120 valence electrons. The van der Waals surface area contributed by atoms with Crippen LogP contribution in [0.1, 0.15) is 22.3 Å². The van der Waals surface area contributed by atoms with Crippen molar-refractivity contribution in [3.05, 3.63) is 64.5 Å². The molecular formula is C17H17FN2O2S. The van der Waals surface area contributed by atoms with Crippen LogP contribution >= 0.6 is 0 Å². The molecule has 0 aliphatic carbocycles. The van der Waals surface area contributed by atoms with E-state index in [-0.39, 0.29) is 17.9 Å². The maximum atomic E-state index is 13.9. The fourth-order valence-corrected chi connectivity index (χ4v) is 3.14. The van der Waals surface area contributed by atoms with Gasteiger partial charge in [-0.2, -0.15) is 5.26 Å². The van der Waals surface area contributed by atoms with Gasteiger partial charge in [0.25, 0.3) is 0 Å². The molecule has 0 fully saturated rings. The lowest BCUT2D eigenvalue weighted by atomic mass is 10.1. The van der Waals surface area contributed by atoms with Gasteiger partial charge in [-0.3, -0.25) is 0 Å². The zero-order valence-corrected chi connectivity index (χ0v) is 13.7. The Balaban J connectivity index is 2.18. The van der Waals surface area contributed by atoms with Crippen LogP contribution in [0.4, 0.5) is 10.1 Å². The van der Waals surface area contributed by atoms with Crippen LogP contribution in [0.5, 0.6) is 0 Å². The maximum absolute atomic E-state index is 13.9. The van der Waals surface area contributed by atoms with Crippen LogP contribution in [0.2, 0.25) is 0 Å². The van der Waals surface area contributed by atoms with E-state index in [0.29, 0.717) is 5.56 Å². The second kappa shape index (κ2) is 6.80. The summed E-state index contributed by atoms with van der Waals surface area (Å²) in [5, 5.41) is 11.9. The minimum absolute atomic E-state index is 0.0282. The fourth-order valence-electron chi connectivity index (χ4n) is 2.26. The number of hydrogen-bond donors (Lipinski definition) is 1. The Morgan fingerprint density at radius 1 is 1.22 bits per heavy atom. The minimum atomic E-state index is -3.12. The molecule has 0 heterocycles. The monoisotopic (exact) mass is 332 g/mol. The highest BCUT2D eigenvalue weighted by molar-refractivity contribution is 7.89. The Labute approximate surface area is 135 Å². The van der Waals surface area contributed by atoms with Crippen molar-refractivity contribution in [2.24, 2.45) is 0 Å². The van der Waals surface area contributed by atoms with E-state index in [0.717, 1.165) is 16.8 Å². The molecule has 0 saturated heterocycles. The van der Waals surface area contributed by atoms with Gasteiger partial charge in [0.1, 0.15) is 5.82 Å². The SMILES string of the molecule is Cc1c(CS(C)(=O)=O)cccc1NCc1ccc(C#N)cc1F. The van der Waals surface area contributed by atoms with E-state index in [9.17, 15) is 12.8 Å². The van der Waals surface area contributed by atoms with Crippen LogP contribution in [0.15, 0.2) is 36.4 Å². The summed E-state index contributed by atoms with van der Waals surface area (Å²) in [6.45, 7) is 2.08. The first-order valence-electron chi connectivity index (χ1n) is 6.99. The summed E-state index contributed by atoms with van der Waals surface area (Å²) in [4.78, 5) is 0. The normalized spacial score (nSPS) is 11.0. The molecule has 0 saturated carbocycles. The molecule has 2 rings (SSSR count). The van der Waals surface area contributed by atoms with Crippen LogP contribution in [0, 0.1) is 24.1 Å². The fraction of sp³-hybridized carbons (Fsp3) is 0.235. The molecule has 23 heavy (non-hydrogen) atoms. The molecule has 6 heteroatoms. The van der Waals surface area contributed by atoms with Crippen LogP contribution in [-0.4, -0.2) is 14.7 Å². The van der Waals surface area contributed by atoms with Crippen molar-refractivity contribution < 1.29 is 12.8 Å². The predicted octanol–water partition coefficient (Wildman–Crippen LogP) is 3.16. The van der Waals surface area contributed by atoms with Crippen molar-refractivity contribution >= 4 is 15.5 Å². The number of nitrogens with one attached hydrogen (secondary N) is 1. The average molecular weight is 332 g/mol. The molecule has 0 unspecified atom stereocenters. The number of benzene rings is 2.